The van der Waals surface area contributed by atoms with E-state index in [1.807, 2.05) is 34.6 Å². The van der Waals surface area contributed by atoms with E-state index in [-0.39, 0.29) is 5.54 Å². The van der Waals surface area contributed by atoms with Gasteiger partial charge in [-0.3, -0.25) is 4.99 Å². The number of alkyl halides is 1. The lowest BCUT2D eigenvalue weighted by molar-refractivity contribution is 0.580. The van der Waals surface area contributed by atoms with E-state index in [0.717, 1.165) is 22.8 Å². The molecule has 0 aromatic carbocycles. The molecule has 0 aromatic rings. The lowest BCUT2D eigenvalue weighted by Crippen LogP contribution is -2.34. The van der Waals surface area contributed by atoms with Crippen LogP contribution in [-0.2, 0) is 0 Å². The summed E-state index contributed by atoms with van der Waals surface area (Å²) in [5.41, 5.74) is 7.02. The number of rotatable bonds is 3. The molecule has 0 amide bonds. The third-order valence-electron chi connectivity index (χ3n) is 2.01. The largest absolute Gasteiger partial charge is 0.383 e. The minimum Gasteiger partial charge on any atom is -0.383 e. The van der Waals surface area contributed by atoms with Gasteiger partial charge in [0.15, 0.2) is 0 Å². The molecular weight excluding hydrogens is 254 g/mol. The number of hydrogen-bond acceptors (Lipinski definition) is 3. The molecule has 0 aromatic heterocycles. The molecule has 0 aliphatic carbocycles. The molecule has 0 bridgehead atoms. The number of halogens is 1. The van der Waals surface area contributed by atoms with Crippen LogP contribution in [0.15, 0.2) is 15.6 Å². The van der Waals surface area contributed by atoms with Gasteiger partial charge >= 0.3 is 0 Å². The molecule has 3 N–H and O–H groups in total. The highest BCUT2D eigenvalue weighted by molar-refractivity contribution is 8.04. The Morgan fingerprint density at radius 1 is 1.35 bits per heavy atom. The topological polar surface area (TPSA) is 50.4 Å². The Balaban J connectivity index is 2.94. The number of nitrogens with two attached hydrogens (primary N) is 1. The molecule has 0 radical (unpaired) electrons. The highest BCUT2D eigenvalue weighted by atomic mass is 35.5. The van der Waals surface area contributed by atoms with Gasteiger partial charge in [-0.1, -0.05) is 11.6 Å². The Morgan fingerprint density at radius 2 is 1.94 bits per heavy atom. The number of thioether (sulfide) groups is 1. The van der Waals surface area contributed by atoms with E-state index >= 15 is 0 Å². The van der Waals surface area contributed by atoms with Gasteiger partial charge in [-0.05, 0) is 41.0 Å². The van der Waals surface area contributed by atoms with E-state index < -0.39 is 5.00 Å². The third kappa shape index (κ3) is 5.21. The van der Waals surface area contributed by atoms with Gasteiger partial charge < -0.3 is 11.1 Å². The first-order chi connectivity index (χ1) is 7.58. The van der Waals surface area contributed by atoms with Gasteiger partial charge in [-0.25, -0.2) is 0 Å². The molecular formula is C12H22ClN3S. The van der Waals surface area contributed by atoms with Crippen LogP contribution >= 0.6 is 23.4 Å². The van der Waals surface area contributed by atoms with Crippen molar-refractivity contribution in [2.24, 2.45) is 10.7 Å². The molecule has 3 nitrogen and oxygen atoms in total. The van der Waals surface area contributed by atoms with Crippen LogP contribution in [0.25, 0.3) is 0 Å². The molecule has 1 rings (SSSR count). The number of aliphatic imine (C=N–C) groups is 1. The van der Waals surface area contributed by atoms with Crippen molar-refractivity contribution in [1.82, 2.24) is 5.32 Å². The number of hydrogen-bond donors (Lipinski definition) is 2. The Morgan fingerprint density at radius 3 is 2.41 bits per heavy atom. The second-order valence-electron chi connectivity index (χ2n) is 5.67. The minimum absolute atomic E-state index is 0.151. The van der Waals surface area contributed by atoms with Crippen molar-refractivity contribution in [1.29, 1.82) is 0 Å². The van der Waals surface area contributed by atoms with Crippen LogP contribution in [0.1, 0.15) is 41.0 Å². The fourth-order valence-corrected chi connectivity index (χ4v) is 2.72. The van der Waals surface area contributed by atoms with Crippen molar-refractivity contribution in [3.8, 4) is 0 Å². The zero-order chi connectivity index (χ0) is 13.3. The first-order valence-corrected chi connectivity index (χ1v) is 7.13. The summed E-state index contributed by atoms with van der Waals surface area (Å²) in [6, 6.07) is 0. The summed E-state index contributed by atoms with van der Waals surface area (Å²) >= 11 is 7.92. The summed E-state index contributed by atoms with van der Waals surface area (Å²) in [7, 11) is 0. The number of nitrogens with zero attached hydrogens (tertiary/aromatic N) is 1. The van der Waals surface area contributed by atoms with Crippen molar-refractivity contribution < 1.29 is 0 Å². The third-order valence-corrected chi connectivity index (χ3v) is 3.26. The van der Waals surface area contributed by atoms with E-state index in [9.17, 15) is 0 Å². The van der Waals surface area contributed by atoms with Crippen molar-refractivity contribution >= 4 is 29.2 Å². The Kier molecular flexibility index (Phi) is 4.42. The summed E-state index contributed by atoms with van der Waals surface area (Å²) in [6.45, 7) is 9.98. The molecule has 17 heavy (non-hydrogen) atoms. The second-order valence-corrected chi connectivity index (χ2v) is 7.72. The monoisotopic (exact) mass is 275 g/mol. The number of allylic oxidation sites excluding steroid dienone is 1. The van der Waals surface area contributed by atoms with E-state index in [4.69, 9.17) is 17.3 Å². The van der Waals surface area contributed by atoms with E-state index in [1.54, 1.807) is 11.8 Å². The fraction of sp³-hybridized carbons (Fsp3) is 0.750. The molecule has 0 spiro atoms. The van der Waals surface area contributed by atoms with Gasteiger partial charge in [0.25, 0.3) is 0 Å². The SMILES string of the molecule is CC(C)(C)N=C(N)C1=C(NC(C)(C)Cl)CCS1. The molecule has 0 saturated heterocycles. The fourth-order valence-electron chi connectivity index (χ4n) is 1.57. The van der Waals surface area contributed by atoms with Gasteiger partial charge in [0.1, 0.15) is 10.8 Å². The molecule has 0 atom stereocenters. The molecule has 5 heteroatoms. The van der Waals surface area contributed by atoms with Gasteiger partial charge in [0.2, 0.25) is 0 Å². The van der Waals surface area contributed by atoms with Crippen LogP contribution in [0.4, 0.5) is 0 Å². The van der Waals surface area contributed by atoms with Crippen LogP contribution in [0, 0.1) is 0 Å². The van der Waals surface area contributed by atoms with Crippen LogP contribution < -0.4 is 11.1 Å². The molecule has 0 saturated carbocycles. The molecule has 1 aliphatic heterocycles. The average molecular weight is 276 g/mol. The highest BCUT2D eigenvalue weighted by Crippen LogP contribution is 2.32. The summed E-state index contributed by atoms with van der Waals surface area (Å²) < 4.78 is 0. The van der Waals surface area contributed by atoms with E-state index in [1.165, 1.54) is 0 Å². The summed E-state index contributed by atoms with van der Waals surface area (Å²) in [4.78, 5) is 5.10. The maximum atomic E-state index is 6.18. The van der Waals surface area contributed by atoms with E-state index in [0.29, 0.717) is 5.84 Å². The minimum atomic E-state index is -0.451. The van der Waals surface area contributed by atoms with Crippen molar-refractivity contribution in [3.05, 3.63) is 10.6 Å². The Hall–Kier alpha value is -0.350. The van der Waals surface area contributed by atoms with Crippen LogP contribution in [0.3, 0.4) is 0 Å². The lowest BCUT2D eigenvalue weighted by Gasteiger charge is -2.22. The Labute approximate surface area is 113 Å². The predicted molar refractivity (Wildman–Crippen MR) is 78.5 cm³/mol. The summed E-state index contributed by atoms with van der Waals surface area (Å²) in [5.74, 6) is 1.65. The number of amidine groups is 1. The summed E-state index contributed by atoms with van der Waals surface area (Å²) in [6.07, 6.45) is 0.969. The first-order valence-electron chi connectivity index (χ1n) is 5.77. The number of nitrogens with one attached hydrogen (secondary N) is 1. The normalized spacial score (nSPS) is 18.8. The quantitative estimate of drug-likeness (QED) is 0.360. The van der Waals surface area contributed by atoms with Crippen molar-refractivity contribution in [2.75, 3.05) is 5.75 Å². The molecule has 1 aliphatic rings. The van der Waals surface area contributed by atoms with Crippen molar-refractivity contribution in [2.45, 2.75) is 51.6 Å². The molecule has 0 unspecified atom stereocenters. The lowest BCUT2D eigenvalue weighted by atomic mass is 10.1. The summed E-state index contributed by atoms with van der Waals surface area (Å²) in [5, 5.41) is 3.30. The van der Waals surface area contributed by atoms with Gasteiger partial charge in [0, 0.05) is 11.4 Å². The smallest absolute Gasteiger partial charge is 0.134 e. The van der Waals surface area contributed by atoms with Crippen LogP contribution in [-0.4, -0.2) is 22.1 Å². The first kappa shape index (κ1) is 14.7. The van der Waals surface area contributed by atoms with Gasteiger partial charge in [0.05, 0.1) is 10.4 Å². The van der Waals surface area contributed by atoms with Crippen LogP contribution in [0.2, 0.25) is 0 Å². The van der Waals surface area contributed by atoms with Crippen LogP contribution in [0.5, 0.6) is 0 Å². The standard InChI is InChI=1S/C12H22ClN3S/c1-11(2,3)16-10(14)9-8(6-7-17-9)15-12(4,5)13/h15H,6-7H2,1-5H3,(H2,14,16). The zero-order valence-corrected chi connectivity index (χ0v) is 12.8. The molecule has 1 heterocycles. The maximum Gasteiger partial charge on any atom is 0.134 e. The van der Waals surface area contributed by atoms with E-state index in [2.05, 4.69) is 10.3 Å². The molecule has 98 valence electrons. The average Bonchev–Trinajstić information content (AvgIpc) is 2.45. The predicted octanol–water partition coefficient (Wildman–Crippen LogP) is 3.06. The highest BCUT2D eigenvalue weighted by Gasteiger charge is 2.24. The van der Waals surface area contributed by atoms with Crippen molar-refractivity contribution in [3.63, 3.8) is 0 Å². The Bertz CT molecular complexity index is 348. The maximum absolute atomic E-state index is 6.18. The molecule has 0 fully saturated rings. The second kappa shape index (κ2) is 5.11. The van der Waals surface area contributed by atoms with Gasteiger partial charge in [-0.15, -0.1) is 11.8 Å². The zero-order valence-electron chi connectivity index (χ0n) is 11.2. The van der Waals surface area contributed by atoms with Gasteiger partial charge in [-0.2, -0.15) is 0 Å².